The van der Waals surface area contributed by atoms with E-state index in [0.717, 1.165) is 29.8 Å². The summed E-state index contributed by atoms with van der Waals surface area (Å²) in [4.78, 5) is 11.2. The van der Waals surface area contributed by atoms with E-state index in [4.69, 9.17) is 10.5 Å². The van der Waals surface area contributed by atoms with Crippen molar-refractivity contribution in [3.05, 3.63) is 23.8 Å². The molecule has 0 saturated carbocycles. The van der Waals surface area contributed by atoms with E-state index >= 15 is 0 Å². The molecule has 0 fully saturated rings. The number of hydrogen-bond donors (Lipinski definition) is 3. The van der Waals surface area contributed by atoms with Crippen LogP contribution in [0.2, 0.25) is 0 Å². The topological polar surface area (TPSA) is 76.4 Å². The number of nitrogens with two attached hydrogens (primary N) is 1. The van der Waals surface area contributed by atoms with Crippen LogP contribution in [-0.2, 0) is 9.53 Å². The van der Waals surface area contributed by atoms with Gasteiger partial charge in [-0.25, -0.2) is 0 Å². The summed E-state index contributed by atoms with van der Waals surface area (Å²) in [6.07, 6.45) is 1.90. The Hall–Kier alpha value is -1.59. The van der Waals surface area contributed by atoms with Gasteiger partial charge in [-0.2, -0.15) is 0 Å². The summed E-state index contributed by atoms with van der Waals surface area (Å²) in [5.41, 5.74) is 8.39. The Balaban J connectivity index is 2.76. The van der Waals surface area contributed by atoms with Crippen molar-refractivity contribution in [2.75, 3.05) is 30.9 Å². The minimum atomic E-state index is -0.0678. The summed E-state index contributed by atoms with van der Waals surface area (Å²) < 4.78 is 5.22. The Morgan fingerprint density at radius 3 is 2.80 bits per heavy atom. The molecular weight excluding hydrogens is 254 g/mol. The third-order valence-electron chi connectivity index (χ3n) is 3.04. The van der Waals surface area contributed by atoms with Gasteiger partial charge in [-0.1, -0.05) is 6.07 Å². The first-order valence-corrected chi connectivity index (χ1v) is 6.90. The first kappa shape index (κ1) is 16.5. The summed E-state index contributed by atoms with van der Waals surface area (Å²) in [6.45, 7) is 4.78. The molecule has 1 rings (SSSR count). The molecule has 4 N–H and O–H groups in total. The Morgan fingerprint density at radius 1 is 1.45 bits per heavy atom. The number of nitrogens with one attached hydrogen (secondary N) is 2. The highest BCUT2D eigenvalue weighted by Crippen LogP contribution is 2.21. The van der Waals surface area contributed by atoms with Crippen molar-refractivity contribution >= 4 is 17.3 Å². The molecule has 5 nitrogen and oxygen atoms in total. The van der Waals surface area contributed by atoms with Gasteiger partial charge in [0, 0.05) is 31.5 Å². The zero-order chi connectivity index (χ0) is 15.0. The number of rotatable bonds is 8. The van der Waals surface area contributed by atoms with Crippen LogP contribution in [0.4, 0.5) is 11.4 Å². The van der Waals surface area contributed by atoms with E-state index in [1.165, 1.54) is 6.92 Å². The molecule has 0 spiro atoms. The van der Waals surface area contributed by atoms with Gasteiger partial charge in [0.05, 0.1) is 6.61 Å². The van der Waals surface area contributed by atoms with Gasteiger partial charge in [-0.05, 0) is 44.0 Å². The molecule has 0 radical (unpaired) electrons. The normalized spacial score (nSPS) is 12.0. The van der Waals surface area contributed by atoms with Crippen molar-refractivity contribution in [3.8, 4) is 0 Å². The molecule has 0 aliphatic rings. The van der Waals surface area contributed by atoms with Crippen molar-refractivity contribution < 1.29 is 9.53 Å². The fourth-order valence-electron chi connectivity index (χ4n) is 2.03. The highest BCUT2D eigenvalue weighted by atomic mass is 16.5. The van der Waals surface area contributed by atoms with E-state index < -0.39 is 0 Å². The van der Waals surface area contributed by atoms with Crippen LogP contribution in [-0.4, -0.2) is 32.2 Å². The van der Waals surface area contributed by atoms with Crippen LogP contribution in [0, 0.1) is 6.92 Å². The number of benzene rings is 1. The average Bonchev–Trinajstić information content (AvgIpc) is 2.39. The van der Waals surface area contributed by atoms with Crippen molar-refractivity contribution in [2.24, 2.45) is 5.73 Å². The van der Waals surface area contributed by atoms with Gasteiger partial charge in [0.15, 0.2) is 0 Å². The fraction of sp³-hybridized carbons (Fsp3) is 0.533. The Morgan fingerprint density at radius 2 is 2.20 bits per heavy atom. The highest BCUT2D eigenvalue weighted by molar-refractivity contribution is 5.90. The second-order valence-corrected chi connectivity index (χ2v) is 4.94. The molecule has 1 atom stereocenters. The minimum Gasteiger partial charge on any atom is -0.383 e. The first-order valence-electron chi connectivity index (χ1n) is 6.90. The number of methoxy groups -OCH3 is 1. The molecule has 0 bridgehead atoms. The molecular formula is C15H25N3O2. The molecule has 5 heteroatoms. The first-order chi connectivity index (χ1) is 9.56. The number of amides is 1. The Kier molecular flexibility index (Phi) is 7.04. The molecule has 0 aromatic heterocycles. The number of carbonyl (C=O) groups is 1. The lowest BCUT2D eigenvalue weighted by molar-refractivity contribution is -0.114. The number of aryl methyl sites for hydroxylation is 1. The van der Waals surface area contributed by atoms with Crippen molar-refractivity contribution in [3.63, 3.8) is 0 Å². The van der Waals surface area contributed by atoms with Crippen LogP contribution >= 0.6 is 0 Å². The standard InChI is InChI=1S/C15H25N3O2/c1-11-6-7-13(9-15(11)17-12(2)19)18-14(10-20-3)5-4-8-16/h6-7,9,14,18H,4-5,8,10,16H2,1-3H3,(H,17,19). The second kappa shape index (κ2) is 8.55. The predicted molar refractivity (Wildman–Crippen MR) is 83.1 cm³/mol. The van der Waals surface area contributed by atoms with Crippen molar-refractivity contribution in [1.29, 1.82) is 0 Å². The molecule has 1 aromatic rings. The number of carbonyl (C=O) groups excluding carboxylic acids is 1. The molecule has 1 amide bonds. The monoisotopic (exact) mass is 279 g/mol. The second-order valence-electron chi connectivity index (χ2n) is 4.94. The quantitative estimate of drug-likeness (QED) is 0.681. The molecule has 0 aliphatic carbocycles. The fourth-order valence-corrected chi connectivity index (χ4v) is 2.03. The molecule has 1 unspecified atom stereocenters. The van der Waals surface area contributed by atoms with Crippen LogP contribution in [0.15, 0.2) is 18.2 Å². The number of hydrogen-bond acceptors (Lipinski definition) is 4. The maximum atomic E-state index is 11.2. The van der Waals surface area contributed by atoms with Gasteiger partial charge >= 0.3 is 0 Å². The van der Waals surface area contributed by atoms with Gasteiger partial charge in [0.1, 0.15) is 0 Å². The zero-order valence-electron chi connectivity index (χ0n) is 12.5. The highest BCUT2D eigenvalue weighted by Gasteiger charge is 2.09. The van der Waals surface area contributed by atoms with E-state index in [1.54, 1.807) is 7.11 Å². The van der Waals surface area contributed by atoms with Crippen LogP contribution in [0.3, 0.4) is 0 Å². The van der Waals surface area contributed by atoms with Crippen molar-refractivity contribution in [1.82, 2.24) is 0 Å². The van der Waals surface area contributed by atoms with Crippen LogP contribution in [0.1, 0.15) is 25.3 Å². The number of anilines is 2. The minimum absolute atomic E-state index is 0.0678. The Labute approximate surface area is 120 Å². The van der Waals surface area contributed by atoms with Gasteiger partial charge in [0.25, 0.3) is 0 Å². The van der Waals surface area contributed by atoms with Gasteiger partial charge < -0.3 is 21.1 Å². The molecule has 0 saturated heterocycles. The largest absolute Gasteiger partial charge is 0.383 e. The van der Waals surface area contributed by atoms with E-state index in [9.17, 15) is 4.79 Å². The van der Waals surface area contributed by atoms with Crippen molar-refractivity contribution in [2.45, 2.75) is 32.7 Å². The Bertz CT molecular complexity index is 435. The number of ether oxygens (including phenoxy) is 1. The maximum Gasteiger partial charge on any atom is 0.221 e. The summed E-state index contributed by atoms with van der Waals surface area (Å²) in [6, 6.07) is 6.16. The summed E-state index contributed by atoms with van der Waals surface area (Å²) in [5.74, 6) is -0.0678. The van der Waals surface area contributed by atoms with Gasteiger partial charge in [-0.15, -0.1) is 0 Å². The molecule has 0 aliphatic heterocycles. The smallest absolute Gasteiger partial charge is 0.221 e. The molecule has 112 valence electrons. The summed E-state index contributed by atoms with van der Waals surface area (Å²) in [7, 11) is 1.69. The van der Waals surface area contributed by atoms with E-state index in [-0.39, 0.29) is 11.9 Å². The van der Waals surface area contributed by atoms with Crippen LogP contribution < -0.4 is 16.4 Å². The molecule has 1 aromatic carbocycles. The van der Waals surface area contributed by atoms with E-state index in [2.05, 4.69) is 10.6 Å². The lowest BCUT2D eigenvalue weighted by Crippen LogP contribution is -2.26. The van der Waals surface area contributed by atoms with Gasteiger partial charge in [-0.3, -0.25) is 4.79 Å². The lowest BCUT2D eigenvalue weighted by Gasteiger charge is -2.20. The van der Waals surface area contributed by atoms with Crippen LogP contribution in [0.5, 0.6) is 0 Å². The summed E-state index contributed by atoms with van der Waals surface area (Å²) >= 11 is 0. The van der Waals surface area contributed by atoms with E-state index in [1.807, 2.05) is 25.1 Å². The maximum absolute atomic E-state index is 11.2. The zero-order valence-corrected chi connectivity index (χ0v) is 12.5. The van der Waals surface area contributed by atoms with Gasteiger partial charge in [0.2, 0.25) is 5.91 Å². The third kappa shape index (κ3) is 5.59. The SMILES string of the molecule is COCC(CCCN)Nc1ccc(C)c(NC(C)=O)c1. The molecule has 0 heterocycles. The predicted octanol–water partition coefficient (Wildman–Crippen LogP) is 2.12. The average molecular weight is 279 g/mol. The van der Waals surface area contributed by atoms with E-state index in [0.29, 0.717) is 13.2 Å². The van der Waals surface area contributed by atoms with Crippen LogP contribution in [0.25, 0.3) is 0 Å². The third-order valence-corrected chi connectivity index (χ3v) is 3.04. The molecule has 20 heavy (non-hydrogen) atoms. The lowest BCUT2D eigenvalue weighted by atomic mass is 10.1. The summed E-state index contributed by atoms with van der Waals surface area (Å²) in [5, 5.41) is 6.26.